The molecule has 0 unspecified atom stereocenters. The van der Waals surface area contributed by atoms with E-state index in [1.54, 1.807) is 0 Å². The first-order chi connectivity index (χ1) is 8.72. The van der Waals surface area contributed by atoms with E-state index in [0.717, 1.165) is 25.7 Å². The van der Waals surface area contributed by atoms with Crippen LogP contribution in [0.5, 0.6) is 0 Å². The molecule has 1 aliphatic rings. The van der Waals surface area contributed by atoms with Gasteiger partial charge in [-0.05, 0) is 31.5 Å². The predicted molar refractivity (Wildman–Crippen MR) is 68.3 cm³/mol. The zero-order valence-corrected chi connectivity index (χ0v) is 10.8. The molecule has 0 saturated heterocycles. The number of nitrogens with one attached hydrogen (secondary N) is 1. The van der Waals surface area contributed by atoms with E-state index in [4.69, 9.17) is 0 Å². The molecule has 100 valence electrons. The molecule has 0 spiro atoms. The number of hydrogen-bond acceptors (Lipinski definition) is 2. The minimum absolute atomic E-state index is 0.131. The van der Waals surface area contributed by atoms with E-state index < -0.39 is 11.6 Å². The third-order valence-corrected chi connectivity index (χ3v) is 3.41. The maximum Gasteiger partial charge on any atom is 0.130 e. The van der Waals surface area contributed by atoms with Crippen molar-refractivity contribution in [1.29, 1.82) is 0 Å². The van der Waals surface area contributed by atoms with Crippen molar-refractivity contribution in [1.82, 2.24) is 10.2 Å². The SMILES string of the molecule is CCN(CCNCc1c(F)cccc1F)C1CC1. The topological polar surface area (TPSA) is 15.3 Å². The van der Waals surface area contributed by atoms with Crippen LogP contribution in [0.1, 0.15) is 25.3 Å². The van der Waals surface area contributed by atoms with E-state index in [-0.39, 0.29) is 12.1 Å². The van der Waals surface area contributed by atoms with Crippen LogP contribution in [0.15, 0.2) is 18.2 Å². The fourth-order valence-electron chi connectivity index (χ4n) is 2.18. The molecule has 0 heterocycles. The molecular formula is C14H20F2N2. The van der Waals surface area contributed by atoms with Gasteiger partial charge in [-0.15, -0.1) is 0 Å². The van der Waals surface area contributed by atoms with Gasteiger partial charge in [-0.1, -0.05) is 13.0 Å². The summed E-state index contributed by atoms with van der Waals surface area (Å²) >= 11 is 0. The van der Waals surface area contributed by atoms with Crippen LogP contribution in [0.3, 0.4) is 0 Å². The third kappa shape index (κ3) is 3.50. The lowest BCUT2D eigenvalue weighted by Crippen LogP contribution is -2.33. The fourth-order valence-corrected chi connectivity index (χ4v) is 2.18. The summed E-state index contributed by atoms with van der Waals surface area (Å²) in [6.45, 7) is 5.14. The summed E-state index contributed by atoms with van der Waals surface area (Å²) in [7, 11) is 0. The molecule has 4 heteroatoms. The highest BCUT2D eigenvalue weighted by atomic mass is 19.1. The zero-order chi connectivity index (χ0) is 13.0. The Labute approximate surface area is 107 Å². The lowest BCUT2D eigenvalue weighted by Gasteiger charge is -2.19. The van der Waals surface area contributed by atoms with Gasteiger partial charge in [0.25, 0.3) is 0 Å². The standard InChI is InChI=1S/C14H20F2N2/c1-2-18(11-6-7-11)9-8-17-10-12-13(15)4-3-5-14(12)16/h3-5,11,17H,2,6-10H2,1H3. The minimum Gasteiger partial charge on any atom is -0.311 e. The van der Waals surface area contributed by atoms with Crippen molar-refractivity contribution in [3.05, 3.63) is 35.4 Å². The van der Waals surface area contributed by atoms with Gasteiger partial charge in [0.2, 0.25) is 0 Å². The molecule has 18 heavy (non-hydrogen) atoms. The minimum atomic E-state index is -0.475. The lowest BCUT2D eigenvalue weighted by molar-refractivity contribution is 0.276. The number of likely N-dealkylation sites (N-methyl/N-ethyl adjacent to an activating group) is 1. The summed E-state index contributed by atoms with van der Waals surface area (Å²) < 4.78 is 26.7. The van der Waals surface area contributed by atoms with Gasteiger partial charge in [-0.25, -0.2) is 8.78 Å². The Morgan fingerprint density at radius 3 is 2.50 bits per heavy atom. The first kappa shape index (κ1) is 13.4. The molecule has 1 N–H and O–H groups in total. The van der Waals surface area contributed by atoms with E-state index in [2.05, 4.69) is 17.1 Å². The van der Waals surface area contributed by atoms with Crippen molar-refractivity contribution >= 4 is 0 Å². The molecule has 1 aromatic rings. The zero-order valence-electron chi connectivity index (χ0n) is 10.8. The number of halogens is 2. The molecule has 1 aliphatic carbocycles. The highest BCUT2D eigenvalue weighted by Crippen LogP contribution is 2.25. The lowest BCUT2D eigenvalue weighted by atomic mass is 10.2. The molecule has 1 aromatic carbocycles. The highest BCUT2D eigenvalue weighted by molar-refractivity contribution is 5.19. The summed E-state index contributed by atoms with van der Waals surface area (Å²) in [4.78, 5) is 2.41. The summed E-state index contributed by atoms with van der Waals surface area (Å²) in [5, 5.41) is 3.11. The molecule has 2 nitrogen and oxygen atoms in total. The van der Waals surface area contributed by atoms with Crippen molar-refractivity contribution in [2.45, 2.75) is 32.4 Å². The van der Waals surface area contributed by atoms with Crippen molar-refractivity contribution in [3.8, 4) is 0 Å². The van der Waals surface area contributed by atoms with Crippen molar-refractivity contribution in [3.63, 3.8) is 0 Å². The number of rotatable bonds is 7. The second-order valence-electron chi connectivity index (χ2n) is 4.74. The van der Waals surface area contributed by atoms with E-state index in [9.17, 15) is 8.78 Å². The van der Waals surface area contributed by atoms with E-state index in [1.165, 1.54) is 31.0 Å². The molecule has 1 saturated carbocycles. The predicted octanol–water partition coefficient (Wildman–Crippen LogP) is 2.54. The van der Waals surface area contributed by atoms with Gasteiger partial charge in [0.1, 0.15) is 11.6 Å². The van der Waals surface area contributed by atoms with Crippen molar-refractivity contribution in [2.75, 3.05) is 19.6 Å². The van der Waals surface area contributed by atoms with Crippen LogP contribution in [-0.2, 0) is 6.54 Å². The highest BCUT2D eigenvalue weighted by Gasteiger charge is 2.26. The fraction of sp³-hybridized carbons (Fsp3) is 0.571. The number of nitrogens with zero attached hydrogens (tertiary/aromatic N) is 1. The molecular weight excluding hydrogens is 234 g/mol. The van der Waals surface area contributed by atoms with Gasteiger partial charge in [-0.3, -0.25) is 4.90 Å². The van der Waals surface area contributed by atoms with Gasteiger partial charge in [-0.2, -0.15) is 0 Å². The van der Waals surface area contributed by atoms with Gasteiger partial charge >= 0.3 is 0 Å². The van der Waals surface area contributed by atoms with Crippen molar-refractivity contribution < 1.29 is 8.78 Å². The first-order valence-electron chi connectivity index (χ1n) is 6.60. The monoisotopic (exact) mass is 254 g/mol. The molecule has 0 amide bonds. The summed E-state index contributed by atoms with van der Waals surface area (Å²) in [6.07, 6.45) is 2.57. The molecule has 2 rings (SSSR count). The third-order valence-electron chi connectivity index (χ3n) is 3.41. The largest absolute Gasteiger partial charge is 0.311 e. The molecule has 0 aliphatic heterocycles. The van der Waals surface area contributed by atoms with Crippen LogP contribution in [-0.4, -0.2) is 30.6 Å². The van der Waals surface area contributed by atoms with Gasteiger partial charge < -0.3 is 5.32 Å². The van der Waals surface area contributed by atoms with Gasteiger partial charge in [0, 0.05) is 31.2 Å². The van der Waals surface area contributed by atoms with Crippen LogP contribution in [0.25, 0.3) is 0 Å². The Kier molecular flexibility index (Phi) is 4.66. The van der Waals surface area contributed by atoms with Gasteiger partial charge in [0.05, 0.1) is 0 Å². The summed E-state index contributed by atoms with van der Waals surface area (Å²) in [6, 6.07) is 4.72. The average Bonchev–Trinajstić information content (AvgIpc) is 3.16. The Balaban J connectivity index is 1.74. The van der Waals surface area contributed by atoms with E-state index >= 15 is 0 Å². The van der Waals surface area contributed by atoms with E-state index in [1.807, 2.05) is 0 Å². The molecule has 0 radical (unpaired) electrons. The smallest absolute Gasteiger partial charge is 0.130 e. The maximum absolute atomic E-state index is 13.4. The van der Waals surface area contributed by atoms with Crippen LogP contribution in [0.4, 0.5) is 8.78 Å². The van der Waals surface area contributed by atoms with Crippen LogP contribution in [0.2, 0.25) is 0 Å². The number of benzene rings is 1. The molecule has 0 atom stereocenters. The second kappa shape index (κ2) is 6.25. The van der Waals surface area contributed by atoms with Crippen molar-refractivity contribution in [2.24, 2.45) is 0 Å². The normalized spacial score (nSPS) is 15.3. The van der Waals surface area contributed by atoms with Crippen LogP contribution in [0, 0.1) is 11.6 Å². The average molecular weight is 254 g/mol. The molecule has 0 bridgehead atoms. The summed E-state index contributed by atoms with van der Waals surface area (Å²) in [5.74, 6) is -0.950. The quantitative estimate of drug-likeness (QED) is 0.752. The molecule has 1 fully saturated rings. The van der Waals surface area contributed by atoms with Gasteiger partial charge in [0.15, 0.2) is 0 Å². The first-order valence-corrected chi connectivity index (χ1v) is 6.60. The van der Waals surface area contributed by atoms with Crippen LogP contribution >= 0.6 is 0 Å². The summed E-state index contributed by atoms with van der Waals surface area (Å²) in [5.41, 5.74) is 0.131. The number of hydrogen-bond donors (Lipinski definition) is 1. The Morgan fingerprint density at radius 2 is 1.94 bits per heavy atom. The van der Waals surface area contributed by atoms with E-state index in [0.29, 0.717) is 0 Å². The maximum atomic E-state index is 13.4. The molecule has 0 aromatic heterocycles. The Bertz CT molecular complexity index is 371. The second-order valence-corrected chi connectivity index (χ2v) is 4.74. The van der Waals surface area contributed by atoms with Crippen LogP contribution < -0.4 is 5.32 Å². The Morgan fingerprint density at radius 1 is 1.28 bits per heavy atom. The Hall–Kier alpha value is -1.00.